The first-order valence-electron chi connectivity index (χ1n) is 10.9. The molecule has 0 saturated carbocycles. The van der Waals surface area contributed by atoms with Gasteiger partial charge in [0.1, 0.15) is 0 Å². The number of fused-ring (bicyclic) bond motifs is 2. The standard InChI is InChI=1S/C27H30N3S.2HI/c1-28(2)19-11-20-30-21-18-22(23-13-7-8-14-24(23)30)12-5-4-6-17-27-29(3)25-15-9-10-16-26(25)31-27;;/h4-10,12-18,21H,11,19-20H2,1-3H3;2*1H/q+1;;/p-1. The van der Waals surface area contributed by atoms with E-state index >= 15 is 0 Å². The zero-order chi connectivity index (χ0) is 21.6. The maximum Gasteiger partial charge on any atom is 0.213 e. The number of aromatic nitrogens is 1. The van der Waals surface area contributed by atoms with E-state index in [-0.39, 0.29) is 48.0 Å². The number of para-hydroxylation sites is 2. The smallest absolute Gasteiger partial charge is 0.213 e. The normalized spacial score (nSPS) is 14.3. The van der Waals surface area contributed by atoms with Crippen molar-refractivity contribution >= 4 is 34.4 Å². The fourth-order valence-electron chi connectivity index (χ4n) is 3.88. The highest BCUT2D eigenvalue weighted by atomic mass is 127. The Kier molecular flexibility index (Phi) is 11.4. The molecule has 1 aliphatic rings. The largest absolute Gasteiger partial charge is 1.00 e. The summed E-state index contributed by atoms with van der Waals surface area (Å²) < 4.78 is 2.38. The summed E-state index contributed by atoms with van der Waals surface area (Å²) in [4.78, 5) is 5.06. The van der Waals surface area contributed by atoms with Crippen molar-refractivity contribution in [2.75, 3.05) is 32.6 Å². The van der Waals surface area contributed by atoms with Crippen LogP contribution in [0.4, 0.5) is 5.69 Å². The summed E-state index contributed by atoms with van der Waals surface area (Å²) in [5, 5.41) is 2.54. The highest BCUT2D eigenvalue weighted by molar-refractivity contribution is 8.03. The van der Waals surface area contributed by atoms with Crippen molar-refractivity contribution in [2.45, 2.75) is 17.9 Å². The molecule has 4 rings (SSSR count). The number of nitrogens with zero attached hydrogens (tertiary/aromatic N) is 2. The van der Waals surface area contributed by atoms with Gasteiger partial charge < -0.3 is 57.8 Å². The van der Waals surface area contributed by atoms with E-state index < -0.39 is 0 Å². The van der Waals surface area contributed by atoms with Crippen LogP contribution in [0, 0.1) is 0 Å². The maximum atomic E-state index is 2.38. The van der Waals surface area contributed by atoms with E-state index in [1.54, 1.807) is 0 Å². The number of pyridine rings is 1. The monoisotopic (exact) mass is 683 g/mol. The fraction of sp³-hybridized carbons (Fsp3) is 0.222. The van der Waals surface area contributed by atoms with Crippen molar-refractivity contribution in [1.82, 2.24) is 0 Å². The number of halogens is 2. The molecule has 3 aromatic rings. The van der Waals surface area contributed by atoms with Crippen molar-refractivity contribution in [3.05, 3.63) is 95.7 Å². The lowest BCUT2D eigenvalue weighted by Crippen LogP contribution is -3.05. The molecule has 174 valence electrons. The Morgan fingerprint density at radius 1 is 0.939 bits per heavy atom. The second-order valence-corrected chi connectivity index (χ2v) is 9.23. The molecule has 0 unspecified atom stereocenters. The van der Waals surface area contributed by atoms with Crippen LogP contribution < -0.4 is 62.3 Å². The van der Waals surface area contributed by atoms with Gasteiger partial charge in [0, 0.05) is 24.1 Å². The average molecular weight is 683 g/mol. The van der Waals surface area contributed by atoms with E-state index in [0.717, 1.165) is 6.54 Å². The lowest BCUT2D eigenvalue weighted by Gasteiger charge is -2.12. The van der Waals surface area contributed by atoms with Crippen molar-refractivity contribution < 1.29 is 57.4 Å². The van der Waals surface area contributed by atoms with E-state index in [0.29, 0.717) is 0 Å². The second-order valence-electron chi connectivity index (χ2n) is 8.17. The molecule has 0 fully saturated rings. The third kappa shape index (κ3) is 7.07. The molecule has 1 N–H and O–H groups in total. The Bertz CT molecular complexity index is 1160. The molecule has 2 aromatic carbocycles. The predicted molar refractivity (Wildman–Crippen MR) is 133 cm³/mol. The zero-order valence-corrected chi connectivity index (χ0v) is 24.5. The van der Waals surface area contributed by atoms with Crippen LogP contribution in [-0.4, -0.2) is 27.7 Å². The van der Waals surface area contributed by atoms with Crippen LogP contribution in [0.2, 0.25) is 0 Å². The fourth-order valence-corrected chi connectivity index (χ4v) is 4.94. The number of allylic oxidation sites excluding steroid dienone is 4. The van der Waals surface area contributed by atoms with Crippen molar-refractivity contribution in [3.63, 3.8) is 0 Å². The molecule has 1 aliphatic heterocycles. The van der Waals surface area contributed by atoms with Gasteiger partial charge in [-0.05, 0) is 29.8 Å². The van der Waals surface area contributed by atoms with Gasteiger partial charge in [-0.2, -0.15) is 4.57 Å². The van der Waals surface area contributed by atoms with E-state index in [4.69, 9.17) is 0 Å². The molecule has 0 saturated heterocycles. The van der Waals surface area contributed by atoms with E-state index in [1.165, 1.54) is 49.9 Å². The number of benzene rings is 2. The van der Waals surface area contributed by atoms with Gasteiger partial charge in [0.15, 0.2) is 12.7 Å². The minimum atomic E-state index is 0. The van der Waals surface area contributed by atoms with Crippen molar-refractivity contribution in [1.29, 1.82) is 0 Å². The Labute approximate surface area is 236 Å². The molecule has 0 spiro atoms. The molecule has 2 heterocycles. The summed E-state index contributed by atoms with van der Waals surface area (Å²) in [6.07, 6.45) is 14.1. The minimum Gasteiger partial charge on any atom is -1.00 e. The number of thioether (sulfide) groups is 1. The summed E-state index contributed by atoms with van der Waals surface area (Å²) >= 11 is 1.82. The first-order chi connectivity index (χ1) is 15.1. The molecule has 0 atom stereocenters. The van der Waals surface area contributed by atoms with Crippen LogP contribution in [0.25, 0.3) is 17.0 Å². The summed E-state index contributed by atoms with van der Waals surface area (Å²) in [5.41, 5.74) is 3.83. The number of hydrogen-bond acceptors (Lipinski definition) is 2. The maximum absolute atomic E-state index is 2.38. The quantitative estimate of drug-likeness (QED) is 0.182. The average Bonchev–Trinajstić information content (AvgIpc) is 3.10. The molecule has 1 aromatic heterocycles. The minimum absolute atomic E-state index is 0. The van der Waals surface area contributed by atoms with E-state index in [9.17, 15) is 0 Å². The van der Waals surface area contributed by atoms with Gasteiger partial charge in [-0.25, -0.2) is 0 Å². The highest BCUT2D eigenvalue weighted by Crippen LogP contribution is 2.44. The molecule has 6 heteroatoms. The lowest BCUT2D eigenvalue weighted by atomic mass is 10.1. The summed E-state index contributed by atoms with van der Waals surface area (Å²) in [7, 11) is 6.55. The predicted octanol–water partition coefficient (Wildman–Crippen LogP) is -1.68. The van der Waals surface area contributed by atoms with E-state index in [1.807, 2.05) is 11.8 Å². The summed E-state index contributed by atoms with van der Waals surface area (Å²) in [6.45, 7) is 2.23. The SMILES string of the molecule is CN1C(=CC=CC=Cc2cc[n+](CCC[NH+](C)C)c3ccccc23)Sc2ccccc21.[I-].[I-]. The summed E-state index contributed by atoms with van der Waals surface area (Å²) in [5.74, 6) is 0. The molecular formula is C27H31I2N3S. The van der Waals surface area contributed by atoms with Crippen LogP contribution in [-0.2, 0) is 6.54 Å². The Balaban J connectivity index is 0.00000193. The van der Waals surface area contributed by atoms with Gasteiger partial charge >= 0.3 is 0 Å². The van der Waals surface area contributed by atoms with Gasteiger partial charge in [-0.1, -0.05) is 60.3 Å². The number of nitrogens with one attached hydrogen (secondary N) is 1. The number of quaternary nitrogens is 1. The lowest BCUT2D eigenvalue weighted by molar-refractivity contribution is -0.861. The van der Waals surface area contributed by atoms with Crippen LogP contribution in [0.15, 0.2) is 95.0 Å². The van der Waals surface area contributed by atoms with Crippen LogP contribution >= 0.6 is 11.8 Å². The molecule has 0 amide bonds. The second kappa shape index (κ2) is 13.5. The number of hydrogen-bond donors (Lipinski definition) is 1. The Morgan fingerprint density at radius 2 is 1.70 bits per heavy atom. The molecule has 0 radical (unpaired) electrons. The van der Waals surface area contributed by atoms with Crippen molar-refractivity contribution in [3.8, 4) is 0 Å². The number of anilines is 1. The van der Waals surface area contributed by atoms with Gasteiger partial charge in [0.25, 0.3) is 0 Å². The molecule has 0 bridgehead atoms. The Morgan fingerprint density at radius 3 is 2.48 bits per heavy atom. The third-order valence-corrected chi connectivity index (χ3v) is 6.73. The zero-order valence-electron chi connectivity index (χ0n) is 19.3. The van der Waals surface area contributed by atoms with Gasteiger partial charge in [-0.15, -0.1) is 0 Å². The topological polar surface area (TPSA) is 11.6 Å². The number of rotatable bonds is 7. The first kappa shape index (κ1) is 27.9. The van der Waals surface area contributed by atoms with Gasteiger partial charge in [0.2, 0.25) is 5.52 Å². The van der Waals surface area contributed by atoms with Crippen LogP contribution in [0.5, 0.6) is 0 Å². The summed E-state index contributed by atoms with van der Waals surface area (Å²) in [6, 6.07) is 19.5. The van der Waals surface area contributed by atoms with Crippen LogP contribution in [0.1, 0.15) is 12.0 Å². The number of aryl methyl sites for hydroxylation is 1. The molecule has 0 aliphatic carbocycles. The molecular weight excluding hydrogens is 652 g/mol. The van der Waals surface area contributed by atoms with Gasteiger partial charge in [-0.3, -0.25) is 0 Å². The third-order valence-electron chi connectivity index (χ3n) is 5.54. The van der Waals surface area contributed by atoms with Crippen molar-refractivity contribution in [2.24, 2.45) is 0 Å². The molecule has 33 heavy (non-hydrogen) atoms. The molecule has 3 nitrogen and oxygen atoms in total. The van der Waals surface area contributed by atoms with Gasteiger partial charge in [0.05, 0.1) is 43.2 Å². The Hall–Kier alpha value is -1.36. The highest BCUT2D eigenvalue weighted by Gasteiger charge is 2.20. The van der Waals surface area contributed by atoms with Crippen LogP contribution in [0.3, 0.4) is 0 Å². The van der Waals surface area contributed by atoms with E-state index in [2.05, 4.69) is 122 Å². The first-order valence-corrected chi connectivity index (χ1v) is 11.7.